The van der Waals surface area contributed by atoms with Crippen molar-refractivity contribution in [1.29, 1.82) is 0 Å². The second-order valence-corrected chi connectivity index (χ2v) is 12.8. The molecule has 0 unspecified atom stereocenters. The lowest BCUT2D eigenvalue weighted by Crippen LogP contribution is -2.42. The Morgan fingerprint density at radius 2 is 1.63 bits per heavy atom. The first-order valence-corrected chi connectivity index (χ1v) is 16.4. The van der Waals surface area contributed by atoms with Crippen molar-refractivity contribution in [3.63, 3.8) is 0 Å². The molecule has 0 radical (unpaired) electrons. The van der Waals surface area contributed by atoms with Gasteiger partial charge in [-0.3, -0.25) is 13.9 Å². The van der Waals surface area contributed by atoms with Crippen LogP contribution >= 0.6 is 11.6 Å². The number of carbonyl (C=O) groups is 2. The molecule has 1 aliphatic heterocycles. The van der Waals surface area contributed by atoms with E-state index in [4.69, 9.17) is 21.1 Å². The maximum absolute atomic E-state index is 14.0. The van der Waals surface area contributed by atoms with Gasteiger partial charge in [0.05, 0.1) is 42.1 Å². The third kappa shape index (κ3) is 8.30. The zero-order chi connectivity index (χ0) is 32.5. The quantitative estimate of drug-likeness (QED) is 0.178. The molecule has 12 heteroatoms. The molecule has 1 heterocycles. The molecule has 0 saturated carbocycles. The Labute approximate surface area is 273 Å². The first-order valence-electron chi connectivity index (χ1n) is 14.6. The van der Waals surface area contributed by atoms with E-state index in [1.165, 1.54) is 10.5 Å². The van der Waals surface area contributed by atoms with Gasteiger partial charge in [0.15, 0.2) is 6.61 Å². The van der Waals surface area contributed by atoms with Crippen LogP contribution in [0.4, 0.5) is 5.69 Å². The minimum atomic E-state index is -4.08. The topological polar surface area (TPSA) is 118 Å². The van der Waals surface area contributed by atoms with E-state index >= 15 is 0 Å². The zero-order valence-corrected chi connectivity index (χ0v) is 26.7. The van der Waals surface area contributed by atoms with Gasteiger partial charge in [0.25, 0.3) is 21.8 Å². The summed E-state index contributed by atoms with van der Waals surface area (Å²) in [5, 5.41) is 4.61. The number of aryl methyl sites for hydroxylation is 1. The fourth-order valence-electron chi connectivity index (χ4n) is 4.70. The average molecular weight is 661 g/mol. The SMILES string of the molecule is Cc1ccc(S(=O)(=O)N(Cc2ccc(Cl)cc2)c2ccccc2C(=O)N/N=C\c2ccc(OCC(=O)N3CCOCC3)cc2)cc1. The van der Waals surface area contributed by atoms with Gasteiger partial charge in [0.2, 0.25) is 0 Å². The first kappa shape index (κ1) is 32.7. The molecule has 4 aromatic carbocycles. The smallest absolute Gasteiger partial charge is 0.273 e. The van der Waals surface area contributed by atoms with Gasteiger partial charge in [0, 0.05) is 18.1 Å². The van der Waals surface area contributed by atoms with Gasteiger partial charge in [0.1, 0.15) is 5.75 Å². The van der Waals surface area contributed by atoms with Gasteiger partial charge >= 0.3 is 0 Å². The molecule has 1 N–H and O–H groups in total. The van der Waals surface area contributed by atoms with E-state index in [-0.39, 0.29) is 35.2 Å². The molecule has 0 bridgehead atoms. The van der Waals surface area contributed by atoms with Crippen molar-refractivity contribution in [2.24, 2.45) is 5.10 Å². The number of para-hydroxylation sites is 1. The fourth-order valence-corrected chi connectivity index (χ4v) is 6.30. The van der Waals surface area contributed by atoms with Crippen molar-refractivity contribution in [3.05, 3.63) is 124 Å². The number of nitrogens with zero attached hydrogens (tertiary/aromatic N) is 3. The highest BCUT2D eigenvalue weighted by atomic mass is 35.5. The Bertz CT molecular complexity index is 1790. The number of sulfonamides is 1. The van der Waals surface area contributed by atoms with Crippen LogP contribution in [0.5, 0.6) is 5.75 Å². The Hall–Kier alpha value is -4.71. The molecular formula is C34H33ClN4O6S. The van der Waals surface area contributed by atoms with Crippen molar-refractivity contribution < 1.29 is 27.5 Å². The van der Waals surface area contributed by atoms with Gasteiger partial charge in [-0.1, -0.05) is 53.6 Å². The zero-order valence-electron chi connectivity index (χ0n) is 25.1. The predicted molar refractivity (Wildman–Crippen MR) is 177 cm³/mol. The van der Waals surface area contributed by atoms with Crippen LogP contribution in [0, 0.1) is 6.92 Å². The summed E-state index contributed by atoms with van der Waals surface area (Å²) < 4.78 is 40.1. The summed E-state index contributed by atoms with van der Waals surface area (Å²) in [6, 6.07) is 26.7. The Morgan fingerprint density at radius 3 is 2.33 bits per heavy atom. The number of anilines is 1. The number of benzene rings is 4. The number of hydrogen-bond acceptors (Lipinski definition) is 7. The molecule has 1 saturated heterocycles. The molecule has 0 spiro atoms. The molecule has 238 valence electrons. The highest BCUT2D eigenvalue weighted by Gasteiger charge is 2.28. The predicted octanol–water partition coefficient (Wildman–Crippen LogP) is 5.05. The lowest BCUT2D eigenvalue weighted by Gasteiger charge is -2.26. The van der Waals surface area contributed by atoms with Gasteiger partial charge in [-0.25, -0.2) is 13.8 Å². The number of morpholine rings is 1. The first-order chi connectivity index (χ1) is 22.2. The van der Waals surface area contributed by atoms with Gasteiger partial charge < -0.3 is 14.4 Å². The highest BCUT2D eigenvalue weighted by molar-refractivity contribution is 7.92. The number of ether oxygens (including phenoxy) is 2. The van der Waals surface area contributed by atoms with Gasteiger partial charge in [-0.15, -0.1) is 0 Å². The number of hydrogen-bond donors (Lipinski definition) is 1. The van der Waals surface area contributed by atoms with Crippen molar-refractivity contribution in [3.8, 4) is 5.75 Å². The molecule has 0 atom stereocenters. The van der Waals surface area contributed by atoms with E-state index in [0.29, 0.717) is 48.2 Å². The van der Waals surface area contributed by atoms with Crippen LogP contribution < -0.4 is 14.5 Å². The van der Waals surface area contributed by atoms with E-state index in [0.717, 1.165) is 5.56 Å². The average Bonchev–Trinajstić information content (AvgIpc) is 3.08. The summed E-state index contributed by atoms with van der Waals surface area (Å²) in [7, 11) is -4.08. The Kier molecular flexibility index (Phi) is 10.7. The molecule has 1 aliphatic rings. The molecule has 5 rings (SSSR count). The van der Waals surface area contributed by atoms with Crippen molar-refractivity contribution in [2.45, 2.75) is 18.4 Å². The molecule has 0 aromatic heterocycles. The third-order valence-corrected chi connectivity index (χ3v) is 9.28. The lowest BCUT2D eigenvalue weighted by atomic mass is 10.1. The fraction of sp³-hybridized carbons (Fsp3) is 0.206. The Balaban J connectivity index is 1.30. The maximum atomic E-state index is 14.0. The van der Waals surface area contributed by atoms with Crippen LogP contribution in [0.15, 0.2) is 107 Å². The number of rotatable bonds is 11. The van der Waals surface area contributed by atoms with Gasteiger partial charge in [-0.05, 0) is 78.7 Å². The normalized spacial score (nSPS) is 13.4. The summed E-state index contributed by atoms with van der Waals surface area (Å²) in [4.78, 5) is 27.5. The largest absolute Gasteiger partial charge is 0.484 e. The molecule has 46 heavy (non-hydrogen) atoms. The molecule has 1 fully saturated rings. The van der Waals surface area contributed by atoms with E-state index in [9.17, 15) is 18.0 Å². The standard InChI is InChI=1S/C34H33ClN4O6S/c1-25-6-16-30(17-7-25)46(42,43)39(23-27-8-12-28(35)13-9-27)32-5-3-2-4-31(32)34(41)37-36-22-26-10-14-29(15-11-26)45-24-33(40)38-18-20-44-21-19-38/h2-17,22H,18-21,23-24H2,1H3,(H,37,41)/b36-22-. The van der Waals surface area contributed by atoms with E-state index in [2.05, 4.69) is 10.5 Å². The van der Waals surface area contributed by atoms with Crippen molar-refractivity contribution in [1.82, 2.24) is 10.3 Å². The van der Waals surface area contributed by atoms with Crippen LogP contribution in [0.1, 0.15) is 27.0 Å². The van der Waals surface area contributed by atoms with Crippen molar-refractivity contribution in [2.75, 3.05) is 37.2 Å². The molecule has 10 nitrogen and oxygen atoms in total. The van der Waals surface area contributed by atoms with Crippen LogP contribution in [0.3, 0.4) is 0 Å². The molecule has 0 aliphatic carbocycles. The number of amides is 2. The van der Waals surface area contributed by atoms with E-state index in [1.54, 1.807) is 102 Å². The molecule has 4 aromatic rings. The summed E-state index contributed by atoms with van der Waals surface area (Å²) in [6.45, 7) is 3.92. The van der Waals surface area contributed by atoms with Crippen molar-refractivity contribution >= 4 is 45.3 Å². The monoisotopic (exact) mass is 660 g/mol. The maximum Gasteiger partial charge on any atom is 0.273 e. The summed E-state index contributed by atoms with van der Waals surface area (Å²) in [5.41, 5.74) is 5.10. The number of nitrogens with one attached hydrogen (secondary N) is 1. The minimum Gasteiger partial charge on any atom is -0.484 e. The number of halogens is 1. The van der Waals surface area contributed by atoms with Crippen LogP contribution in [0.25, 0.3) is 0 Å². The van der Waals surface area contributed by atoms with Gasteiger partial charge in [-0.2, -0.15) is 5.10 Å². The summed E-state index contributed by atoms with van der Waals surface area (Å²) in [6.07, 6.45) is 1.46. The minimum absolute atomic E-state index is 0.0343. The van der Waals surface area contributed by atoms with E-state index in [1.807, 2.05) is 6.92 Å². The number of carbonyl (C=O) groups excluding carboxylic acids is 2. The summed E-state index contributed by atoms with van der Waals surface area (Å²) in [5.74, 6) is -0.170. The lowest BCUT2D eigenvalue weighted by molar-refractivity contribution is -0.137. The van der Waals surface area contributed by atoms with Crippen LogP contribution in [-0.2, 0) is 26.1 Å². The second-order valence-electron chi connectivity index (χ2n) is 10.5. The number of hydrazone groups is 1. The third-order valence-electron chi connectivity index (χ3n) is 7.25. The summed E-state index contributed by atoms with van der Waals surface area (Å²) >= 11 is 6.06. The molecule has 2 amide bonds. The van der Waals surface area contributed by atoms with E-state index < -0.39 is 15.9 Å². The second kappa shape index (κ2) is 15.0. The highest BCUT2D eigenvalue weighted by Crippen LogP contribution is 2.30. The Morgan fingerprint density at radius 1 is 0.957 bits per heavy atom. The molecular weight excluding hydrogens is 628 g/mol. The van der Waals surface area contributed by atoms with Crippen LogP contribution in [0.2, 0.25) is 5.02 Å². The van der Waals surface area contributed by atoms with Crippen LogP contribution in [-0.4, -0.2) is 64.3 Å².